The van der Waals surface area contributed by atoms with Crippen LogP contribution in [0.5, 0.6) is 11.5 Å². The van der Waals surface area contributed by atoms with Gasteiger partial charge in [-0.05, 0) is 49.7 Å². The third kappa shape index (κ3) is 4.20. The van der Waals surface area contributed by atoms with Crippen molar-refractivity contribution in [3.05, 3.63) is 59.2 Å². The molecule has 2 aromatic carbocycles. The molecule has 1 heterocycles. The largest absolute Gasteiger partial charge is 0.497 e. The van der Waals surface area contributed by atoms with Gasteiger partial charge in [-0.25, -0.2) is 4.79 Å². The number of hydrogen-bond donors (Lipinski definition) is 2. The molecule has 0 spiro atoms. The molecule has 0 bridgehead atoms. The van der Waals surface area contributed by atoms with E-state index in [1.54, 1.807) is 49.4 Å². The molecule has 0 saturated carbocycles. The summed E-state index contributed by atoms with van der Waals surface area (Å²) in [7, 11) is 2.97. The molecule has 0 aromatic heterocycles. The van der Waals surface area contributed by atoms with E-state index >= 15 is 0 Å². The highest BCUT2D eigenvalue weighted by molar-refractivity contribution is 6.08. The summed E-state index contributed by atoms with van der Waals surface area (Å²) in [5, 5.41) is 3.27. The first-order valence-electron chi connectivity index (χ1n) is 9.48. The Labute approximate surface area is 179 Å². The van der Waals surface area contributed by atoms with Crippen molar-refractivity contribution in [1.82, 2.24) is 15.8 Å². The SMILES string of the molecule is COc1ccc([C@]2(C)NC(=O)N(NC(=O)Cc3cc(C(C)=O)ccc3OC)C2=O)cc1. The maximum absolute atomic E-state index is 13.0. The molecule has 1 atom stereocenters. The van der Waals surface area contributed by atoms with Gasteiger partial charge in [-0.3, -0.25) is 19.8 Å². The average molecular weight is 425 g/mol. The van der Waals surface area contributed by atoms with Gasteiger partial charge in [0.05, 0.1) is 20.6 Å². The van der Waals surface area contributed by atoms with Crippen molar-refractivity contribution < 1.29 is 28.7 Å². The molecule has 1 saturated heterocycles. The second-order valence-electron chi connectivity index (χ2n) is 7.22. The van der Waals surface area contributed by atoms with Crippen molar-refractivity contribution in [3.8, 4) is 11.5 Å². The van der Waals surface area contributed by atoms with E-state index in [2.05, 4.69) is 10.7 Å². The molecule has 0 aliphatic carbocycles. The predicted molar refractivity (Wildman–Crippen MR) is 111 cm³/mol. The highest BCUT2D eigenvalue weighted by Gasteiger charge is 2.50. The summed E-state index contributed by atoms with van der Waals surface area (Å²) in [6, 6.07) is 10.7. The fraction of sp³-hybridized carbons (Fsp3) is 0.273. The van der Waals surface area contributed by atoms with Gasteiger partial charge in [-0.15, -0.1) is 0 Å². The Balaban J connectivity index is 1.77. The first kappa shape index (κ1) is 21.8. The zero-order chi connectivity index (χ0) is 22.8. The minimum atomic E-state index is -1.34. The fourth-order valence-electron chi connectivity index (χ4n) is 3.33. The number of methoxy groups -OCH3 is 2. The van der Waals surface area contributed by atoms with E-state index in [-0.39, 0.29) is 12.2 Å². The topological polar surface area (TPSA) is 114 Å². The fourth-order valence-corrected chi connectivity index (χ4v) is 3.33. The summed E-state index contributed by atoms with van der Waals surface area (Å²) >= 11 is 0. The van der Waals surface area contributed by atoms with E-state index in [1.165, 1.54) is 21.1 Å². The lowest BCUT2D eigenvalue weighted by Gasteiger charge is -2.22. The van der Waals surface area contributed by atoms with E-state index in [1.807, 2.05) is 0 Å². The molecule has 0 radical (unpaired) electrons. The second-order valence-corrected chi connectivity index (χ2v) is 7.22. The summed E-state index contributed by atoms with van der Waals surface area (Å²) in [6.07, 6.45) is -0.194. The lowest BCUT2D eigenvalue weighted by molar-refractivity contribution is -0.138. The average Bonchev–Trinajstić information content (AvgIpc) is 2.97. The first-order valence-corrected chi connectivity index (χ1v) is 9.48. The Bertz CT molecular complexity index is 1050. The van der Waals surface area contributed by atoms with Crippen LogP contribution >= 0.6 is 0 Å². The number of ether oxygens (including phenoxy) is 2. The number of hydrogen-bond acceptors (Lipinski definition) is 6. The molecular formula is C22H23N3O6. The number of carbonyl (C=O) groups is 4. The highest BCUT2D eigenvalue weighted by atomic mass is 16.5. The molecule has 1 fully saturated rings. The van der Waals surface area contributed by atoms with Crippen LogP contribution in [0.25, 0.3) is 0 Å². The molecule has 31 heavy (non-hydrogen) atoms. The quantitative estimate of drug-likeness (QED) is 0.518. The van der Waals surface area contributed by atoms with Crippen molar-refractivity contribution in [2.75, 3.05) is 14.2 Å². The number of nitrogens with one attached hydrogen (secondary N) is 2. The van der Waals surface area contributed by atoms with Crippen LogP contribution in [0.4, 0.5) is 4.79 Å². The minimum Gasteiger partial charge on any atom is -0.497 e. The van der Waals surface area contributed by atoms with Crippen LogP contribution in [0.1, 0.15) is 35.3 Å². The predicted octanol–water partition coefficient (Wildman–Crippen LogP) is 1.95. The lowest BCUT2D eigenvalue weighted by Crippen LogP contribution is -2.48. The number of hydrazine groups is 1. The Morgan fingerprint density at radius 3 is 2.32 bits per heavy atom. The summed E-state index contributed by atoms with van der Waals surface area (Å²) < 4.78 is 10.4. The number of rotatable bonds is 7. The van der Waals surface area contributed by atoms with Crippen LogP contribution in [0.2, 0.25) is 0 Å². The van der Waals surface area contributed by atoms with Crippen LogP contribution < -0.4 is 20.2 Å². The summed E-state index contributed by atoms with van der Waals surface area (Å²) in [6.45, 7) is 2.97. The van der Waals surface area contributed by atoms with Gasteiger partial charge >= 0.3 is 6.03 Å². The number of benzene rings is 2. The summed E-state index contributed by atoms with van der Waals surface area (Å²) in [4.78, 5) is 49.6. The molecule has 2 N–H and O–H groups in total. The van der Waals surface area contributed by atoms with Crippen molar-refractivity contribution in [2.24, 2.45) is 0 Å². The van der Waals surface area contributed by atoms with Gasteiger partial charge in [0.1, 0.15) is 17.0 Å². The monoisotopic (exact) mass is 425 g/mol. The van der Waals surface area contributed by atoms with E-state index < -0.39 is 23.4 Å². The van der Waals surface area contributed by atoms with Gasteiger partial charge in [0, 0.05) is 11.1 Å². The highest BCUT2D eigenvalue weighted by Crippen LogP contribution is 2.29. The molecule has 4 amide bonds. The van der Waals surface area contributed by atoms with Crippen molar-refractivity contribution in [1.29, 1.82) is 0 Å². The van der Waals surface area contributed by atoms with Crippen molar-refractivity contribution in [2.45, 2.75) is 25.8 Å². The number of carbonyl (C=O) groups excluding carboxylic acids is 4. The number of ketones is 1. The van der Waals surface area contributed by atoms with Crippen LogP contribution in [0, 0.1) is 0 Å². The van der Waals surface area contributed by atoms with Gasteiger partial charge in [0.2, 0.25) is 5.91 Å². The summed E-state index contributed by atoms with van der Waals surface area (Å²) in [5.74, 6) is -0.368. The Morgan fingerprint density at radius 2 is 1.74 bits per heavy atom. The molecule has 2 aromatic rings. The van der Waals surface area contributed by atoms with E-state index in [0.29, 0.717) is 33.2 Å². The minimum absolute atomic E-state index is 0.159. The van der Waals surface area contributed by atoms with E-state index in [9.17, 15) is 19.2 Å². The number of imide groups is 1. The third-order valence-corrected chi connectivity index (χ3v) is 5.13. The van der Waals surface area contributed by atoms with Gasteiger partial charge in [0.15, 0.2) is 5.78 Å². The van der Waals surface area contributed by atoms with E-state index in [0.717, 1.165) is 0 Å². The third-order valence-electron chi connectivity index (χ3n) is 5.13. The molecule has 9 nitrogen and oxygen atoms in total. The molecule has 9 heteroatoms. The molecule has 1 aliphatic heterocycles. The number of amides is 4. The number of urea groups is 1. The smallest absolute Gasteiger partial charge is 0.344 e. The molecule has 1 aliphatic rings. The standard InChI is InChI=1S/C22H23N3O6/c1-13(26)14-5-10-18(31-4)15(11-14)12-19(27)24-25-20(28)22(2,23-21(25)29)16-6-8-17(30-3)9-7-16/h5-11H,12H2,1-4H3,(H,23,29)(H,24,27)/t22-/m0/s1. The Hall–Kier alpha value is -3.88. The maximum Gasteiger partial charge on any atom is 0.344 e. The second kappa shape index (κ2) is 8.47. The Kier molecular flexibility index (Phi) is 5.96. The van der Waals surface area contributed by atoms with Crippen LogP contribution in [0.15, 0.2) is 42.5 Å². The van der Waals surface area contributed by atoms with Crippen LogP contribution in [-0.2, 0) is 21.5 Å². The molecule has 3 rings (SSSR count). The van der Waals surface area contributed by atoms with E-state index in [4.69, 9.17) is 9.47 Å². The first-order chi connectivity index (χ1) is 14.7. The Morgan fingerprint density at radius 1 is 1.06 bits per heavy atom. The van der Waals surface area contributed by atoms with Gasteiger partial charge in [0.25, 0.3) is 5.91 Å². The molecule has 0 unspecified atom stereocenters. The summed E-state index contributed by atoms with van der Waals surface area (Å²) in [5.41, 5.74) is 2.42. The molecular weight excluding hydrogens is 402 g/mol. The number of nitrogens with zero attached hydrogens (tertiary/aromatic N) is 1. The van der Waals surface area contributed by atoms with Gasteiger partial charge in [-0.1, -0.05) is 12.1 Å². The van der Waals surface area contributed by atoms with Gasteiger partial charge in [-0.2, -0.15) is 5.01 Å². The van der Waals surface area contributed by atoms with Gasteiger partial charge < -0.3 is 14.8 Å². The van der Waals surface area contributed by atoms with Crippen molar-refractivity contribution in [3.63, 3.8) is 0 Å². The lowest BCUT2D eigenvalue weighted by atomic mass is 9.92. The van der Waals surface area contributed by atoms with Crippen LogP contribution in [0.3, 0.4) is 0 Å². The normalized spacial score (nSPS) is 17.9. The number of Topliss-reactive ketones (excluding diaryl/α,β-unsaturated/α-hetero) is 1. The van der Waals surface area contributed by atoms with Crippen molar-refractivity contribution >= 4 is 23.6 Å². The zero-order valence-corrected chi connectivity index (χ0v) is 17.6. The molecule has 162 valence electrons. The zero-order valence-electron chi connectivity index (χ0n) is 17.6. The van der Waals surface area contributed by atoms with Crippen LogP contribution in [-0.4, -0.2) is 42.9 Å². The maximum atomic E-state index is 13.0.